The first-order valence-corrected chi connectivity index (χ1v) is 8.10. The van der Waals surface area contributed by atoms with Crippen LogP contribution < -0.4 is 4.74 Å². The van der Waals surface area contributed by atoms with Crippen molar-refractivity contribution < 1.29 is 14.3 Å². The quantitative estimate of drug-likeness (QED) is 0.503. The van der Waals surface area contributed by atoms with Gasteiger partial charge >= 0.3 is 5.97 Å². The molecule has 126 valence electrons. The average Bonchev–Trinajstić information content (AvgIpc) is 2.69. The van der Waals surface area contributed by atoms with Gasteiger partial charge < -0.3 is 9.47 Å². The van der Waals surface area contributed by atoms with Gasteiger partial charge in [0, 0.05) is 5.92 Å². The van der Waals surface area contributed by atoms with Crippen LogP contribution in [0.1, 0.15) is 33.0 Å². The van der Waals surface area contributed by atoms with E-state index >= 15 is 0 Å². The molecule has 0 aliphatic heterocycles. The molecule has 3 rings (SSSR count). The fraction of sp³-hybridized carbons (Fsp3) is 0.136. The van der Waals surface area contributed by atoms with Crippen LogP contribution in [0.15, 0.2) is 78.9 Å². The minimum atomic E-state index is -0.404. The van der Waals surface area contributed by atoms with E-state index in [9.17, 15) is 4.79 Å². The van der Waals surface area contributed by atoms with Crippen molar-refractivity contribution >= 4 is 5.97 Å². The molecule has 3 aromatic rings. The average molecular weight is 332 g/mol. The van der Waals surface area contributed by atoms with Crippen molar-refractivity contribution in [3.05, 3.63) is 101 Å². The summed E-state index contributed by atoms with van der Waals surface area (Å²) in [6.07, 6.45) is 0. The Morgan fingerprint density at radius 1 is 0.760 bits per heavy atom. The molecule has 3 heteroatoms. The summed E-state index contributed by atoms with van der Waals surface area (Å²) in [4.78, 5) is 12.1. The summed E-state index contributed by atoms with van der Waals surface area (Å²) >= 11 is 0. The van der Waals surface area contributed by atoms with Gasteiger partial charge in [-0.3, -0.25) is 0 Å². The van der Waals surface area contributed by atoms with Gasteiger partial charge in [-0.1, -0.05) is 66.7 Å². The lowest BCUT2D eigenvalue weighted by Gasteiger charge is -2.20. The predicted octanol–water partition coefficient (Wildman–Crippen LogP) is 4.66. The maximum Gasteiger partial charge on any atom is 0.341 e. The number of ether oxygens (including phenoxy) is 2. The topological polar surface area (TPSA) is 35.5 Å². The highest BCUT2D eigenvalue weighted by molar-refractivity contribution is 5.92. The van der Waals surface area contributed by atoms with Crippen LogP contribution in [0.2, 0.25) is 0 Å². The minimum absolute atomic E-state index is 0.0247. The van der Waals surface area contributed by atoms with E-state index in [0.717, 1.165) is 16.7 Å². The van der Waals surface area contributed by atoms with Crippen molar-refractivity contribution in [2.75, 3.05) is 14.2 Å². The Morgan fingerprint density at radius 2 is 1.32 bits per heavy atom. The summed E-state index contributed by atoms with van der Waals surface area (Å²) in [6.45, 7) is 0. The maximum atomic E-state index is 12.1. The fourth-order valence-corrected chi connectivity index (χ4v) is 3.04. The number of carbonyl (C=O) groups is 1. The van der Waals surface area contributed by atoms with E-state index < -0.39 is 5.97 Å². The maximum absolute atomic E-state index is 12.1. The smallest absolute Gasteiger partial charge is 0.341 e. The van der Waals surface area contributed by atoms with Gasteiger partial charge in [0.25, 0.3) is 0 Å². The molecule has 3 aromatic carbocycles. The minimum Gasteiger partial charge on any atom is -0.496 e. The Balaban J connectivity index is 2.16. The van der Waals surface area contributed by atoms with Gasteiger partial charge in [-0.05, 0) is 28.8 Å². The molecule has 0 aromatic heterocycles. The number of hydrogen-bond donors (Lipinski definition) is 0. The van der Waals surface area contributed by atoms with Crippen molar-refractivity contribution in [3.8, 4) is 5.75 Å². The van der Waals surface area contributed by atoms with E-state index in [-0.39, 0.29) is 5.92 Å². The third-order valence-corrected chi connectivity index (χ3v) is 4.23. The summed E-state index contributed by atoms with van der Waals surface area (Å²) < 4.78 is 10.2. The molecule has 0 fully saturated rings. The molecule has 0 heterocycles. The first-order chi connectivity index (χ1) is 12.2. The molecular weight excluding hydrogens is 312 g/mol. The van der Waals surface area contributed by atoms with Gasteiger partial charge in [0.15, 0.2) is 0 Å². The lowest BCUT2D eigenvalue weighted by molar-refractivity contribution is 0.0597. The molecule has 3 nitrogen and oxygen atoms in total. The molecule has 0 radical (unpaired) electrons. The van der Waals surface area contributed by atoms with Crippen LogP contribution >= 0.6 is 0 Å². The number of hydrogen-bond acceptors (Lipinski definition) is 3. The van der Waals surface area contributed by atoms with E-state index in [4.69, 9.17) is 9.47 Å². The zero-order chi connectivity index (χ0) is 17.6. The summed E-state index contributed by atoms with van der Waals surface area (Å²) in [6, 6.07) is 26.2. The molecule has 25 heavy (non-hydrogen) atoms. The van der Waals surface area contributed by atoms with Crippen LogP contribution in [0.25, 0.3) is 0 Å². The normalized spacial score (nSPS) is 10.5. The van der Waals surface area contributed by atoms with Crippen LogP contribution in [-0.2, 0) is 4.74 Å². The van der Waals surface area contributed by atoms with E-state index in [1.165, 1.54) is 7.11 Å². The first kappa shape index (κ1) is 16.8. The van der Waals surface area contributed by atoms with Crippen molar-refractivity contribution in [1.29, 1.82) is 0 Å². The fourth-order valence-electron chi connectivity index (χ4n) is 3.04. The standard InChI is InChI=1S/C22H20O3/c1-24-20-14-13-18(15-19(20)22(23)25-2)21(16-9-5-3-6-10-16)17-11-7-4-8-12-17/h3-15,21H,1-2H3. The van der Waals surface area contributed by atoms with Crippen molar-refractivity contribution in [1.82, 2.24) is 0 Å². The summed E-state index contributed by atoms with van der Waals surface area (Å²) in [5.41, 5.74) is 3.77. The lowest BCUT2D eigenvalue weighted by Crippen LogP contribution is -2.08. The van der Waals surface area contributed by atoms with E-state index in [1.807, 2.05) is 54.6 Å². The van der Waals surface area contributed by atoms with Gasteiger partial charge in [-0.25, -0.2) is 4.79 Å². The van der Waals surface area contributed by atoms with Crippen molar-refractivity contribution in [2.24, 2.45) is 0 Å². The van der Waals surface area contributed by atoms with Crippen LogP contribution in [-0.4, -0.2) is 20.2 Å². The lowest BCUT2D eigenvalue weighted by atomic mass is 9.84. The number of esters is 1. The molecular formula is C22H20O3. The van der Waals surface area contributed by atoms with Gasteiger partial charge in [-0.15, -0.1) is 0 Å². The van der Waals surface area contributed by atoms with Gasteiger partial charge in [0.05, 0.1) is 14.2 Å². The summed E-state index contributed by atoms with van der Waals surface area (Å²) in [7, 11) is 2.92. The third kappa shape index (κ3) is 3.56. The first-order valence-electron chi connectivity index (χ1n) is 8.10. The molecule has 0 saturated heterocycles. The van der Waals surface area contributed by atoms with Gasteiger partial charge in [0.2, 0.25) is 0 Å². The Kier molecular flexibility index (Phi) is 5.14. The van der Waals surface area contributed by atoms with E-state index in [2.05, 4.69) is 24.3 Å². The number of benzene rings is 3. The number of methoxy groups -OCH3 is 2. The number of carbonyl (C=O) groups excluding carboxylic acids is 1. The second-order valence-corrected chi connectivity index (χ2v) is 5.71. The van der Waals surface area contributed by atoms with Crippen LogP contribution in [0.5, 0.6) is 5.75 Å². The molecule has 0 unspecified atom stereocenters. The zero-order valence-electron chi connectivity index (χ0n) is 14.3. The Bertz CT molecular complexity index is 802. The molecule has 0 aliphatic rings. The predicted molar refractivity (Wildman–Crippen MR) is 98.2 cm³/mol. The highest BCUT2D eigenvalue weighted by atomic mass is 16.5. The molecule has 0 saturated carbocycles. The van der Waals surface area contributed by atoms with Gasteiger partial charge in [-0.2, -0.15) is 0 Å². The second-order valence-electron chi connectivity index (χ2n) is 5.71. The SMILES string of the molecule is COC(=O)c1cc(C(c2ccccc2)c2ccccc2)ccc1OC. The highest BCUT2D eigenvalue weighted by Crippen LogP contribution is 2.34. The second kappa shape index (κ2) is 7.67. The monoisotopic (exact) mass is 332 g/mol. The van der Waals surface area contributed by atoms with Crippen LogP contribution in [0.3, 0.4) is 0 Å². The number of rotatable bonds is 5. The Morgan fingerprint density at radius 3 is 1.80 bits per heavy atom. The zero-order valence-corrected chi connectivity index (χ0v) is 14.3. The Labute approximate surface area is 147 Å². The third-order valence-electron chi connectivity index (χ3n) is 4.23. The van der Waals surface area contributed by atoms with E-state index in [0.29, 0.717) is 11.3 Å². The van der Waals surface area contributed by atoms with Gasteiger partial charge in [0.1, 0.15) is 11.3 Å². The molecule has 0 atom stereocenters. The molecule has 0 N–H and O–H groups in total. The molecule has 0 amide bonds. The molecule has 0 aliphatic carbocycles. The van der Waals surface area contributed by atoms with Crippen molar-refractivity contribution in [3.63, 3.8) is 0 Å². The molecule has 0 spiro atoms. The summed E-state index contributed by atoms with van der Waals surface area (Å²) in [5, 5.41) is 0. The highest BCUT2D eigenvalue weighted by Gasteiger charge is 2.20. The van der Waals surface area contributed by atoms with Crippen LogP contribution in [0.4, 0.5) is 0 Å². The Hall–Kier alpha value is -3.07. The molecule has 0 bridgehead atoms. The largest absolute Gasteiger partial charge is 0.496 e. The van der Waals surface area contributed by atoms with Crippen LogP contribution in [0, 0.1) is 0 Å². The van der Waals surface area contributed by atoms with E-state index in [1.54, 1.807) is 7.11 Å². The van der Waals surface area contributed by atoms with Crippen molar-refractivity contribution in [2.45, 2.75) is 5.92 Å². The summed E-state index contributed by atoms with van der Waals surface area (Å²) in [5.74, 6) is 0.130.